The Balaban J connectivity index is 1.62. The van der Waals surface area contributed by atoms with Gasteiger partial charge in [0.1, 0.15) is 11.8 Å². The van der Waals surface area contributed by atoms with Gasteiger partial charge in [0.05, 0.1) is 17.5 Å². The fourth-order valence-electron chi connectivity index (χ4n) is 3.54. The topological polar surface area (TPSA) is 157 Å². The maximum absolute atomic E-state index is 13.0. The van der Waals surface area contributed by atoms with Crippen LogP contribution in [0.25, 0.3) is 0 Å². The van der Waals surface area contributed by atoms with Gasteiger partial charge in [-0.2, -0.15) is 0 Å². The van der Waals surface area contributed by atoms with Crippen LogP contribution < -0.4 is 15.4 Å². The van der Waals surface area contributed by atoms with Gasteiger partial charge in [0.25, 0.3) is 5.69 Å². The van der Waals surface area contributed by atoms with Crippen LogP contribution in [-0.2, 0) is 20.7 Å². The Bertz CT molecular complexity index is 1100. The molecule has 190 valence electrons. The molecular weight excluding hydrogens is 472 g/mol. The minimum atomic E-state index is -1.07. The maximum Gasteiger partial charge on any atom is 0.417 e. The van der Waals surface area contributed by atoms with Gasteiger partial charge in [-0.1, -0.05) is 30.3 Å². The highest BCUT2D eigenvalue weighted by Crippen LogP contribution is 2.17. The number of benzene rings is 2. The number of hydrogen-bond donors (Lipinski definition) is 2. The van der Waals surface area contributed by atoms with Crippen molar-refractivity contribution in [2.75, 3.05) is 20.1 Å². The number of nitrogens with zero attached hydrogens (tertiary/aromatic N) is 2. The molecule has 1 saturated heterocycles. The van der Waals surface area contributed by atoms with E-state index < -0.39 is 47.5 Å². The van der Waals surface area contributed by atoms with Crippen LogP contribution in [0.3, 0.4) is 0 Å². The van der Waals surface area contributed by atoms with E-state index >= 15 is 0 Å². The maximum atomic E-state index is 13.0. The van der Waals surface area contributed by atoms with Gasteiger partial charge in [0.15, 0.2) is 5.78 Å². The van der Waals surface area contributed by atoms with Crippen molar-refractivity contribution in [3.05, 3.63) is 70.3 Å². The molecule has 0 saturated carbocycles. The van der Waals surface area contributed by atoms with E-state index in [0.29, 0.717) is 13.0 Å². The molecule has 2 amide bonds. The number of esters is 1. The first kappa shape index (κ1) is 26.3. The number of nitro groups is 1. The van der Waals surface area contributed by atoms with Gasteiger partial charge in [-0.05, 0) is 43.5 Å². The van der Waals surface area contributed by atoms with E-state index in [0.717, 1.165) is 16.9 Å². The van der Waals surface area contributed by atoms with Crippen LogP contribution in [0.2, 0.25) is 0 Å². The van der Waals surface area contributed by atoms with Gasteiger partial charge in [0, 0.05) is 19.2 Å². The van der Waals surface area contributed by atoms with Crippen LogP contribution in [0.1, 0.15) is 18.4 Å². The zero-order valence-corrected chi connectivity index (χ0v) is 19.5. The molecule has 1 unspecified atom stereocenters. The van der Waals surface area contributed by atoms with Crippen molar-refractivity contribution in [3.8, 4) is 5.75 Å². The number of Topliss-reactive ketones (excluding diaryl/α,β-unsaturated/α-hetero) is 1. The second-order valence-electron chi connectivity index (χ2n) is 8.19. The van der Waals surface area contributed by atoms with Crippen LogP contribution in [-0.4, -0.2) is 66.0 Å². The lowest BCUT2D eigenvalue weighted by atomic mass is 10.0. The van der Waals surface area contributed by atoms with Crippen LogP contribution >= 0.6 is 0 Å². The summed E-state index contributed by atoms with van der Waals surface area (Å²) >= 11 is 0. The number of amides is 2. The van der Waals surface area contributed by atoms with Crippen LogP contribution in [0, 0.1) is 10.1 Å². The molecule has 0 aliphatic carbocycles. The van der Waals surface area contributed by atoms with Crippen LogP contribution in [0.15, 0.2) is 54.6 Å². The predicted molar refractivity (Wildman–Crippen MR) is 126 cm³/mol. The molecule has 2 atom stereocenters. The normalized spacial score (nSPS) is 15.4. The quantitative estimate of drug-likeness (QED) is 0.229. The number of hydrogen-bond acceptors (Lipinski definition) is 9. The molecule has 3 rings (SSSR count). The van der Waals surface area contributed by atoms with E-state index in [1.165, 1.54) is 31.3 Å². The second kappa shape index (κ2) is 12.4. The summed E-state index contributed by atoms with van der Waals surface area (Å²) in [5.74, 6) is -1.18. The summed E-state index contributed by atoms with van der Waals surface area (Å²) in [7, 11) is 1.31. The van der Waals surface area contributed by atoms with Crippen molar-refractivity contribution in [2.45, 2.75) is 31.3 Å². The molecule has 1 heterocycles. The molecule has 1 aliphatic rings. The average Bonchev–Trinajstić information content (AvgIpc) is 3.40. The van der Waals surface area contributed by atoms with Gasteiger partial charge < -0.3 is 25.0 Å². The van der Waals surface area contributed by atoms with Crippen molar-refractivity contribution in [1.29, 1.82) is 0 Å². The Kier molecular flexibility index (Phi) is 9.06. The lowest BCUT2D eigenvalue weighted by Crippen LogP contribution is -2.48. The molecule has 0 aromatic heterocycles. The lowest BCUT2D eigenvalue weighted by Gasteiger charge is -2.21. The van der Waals surface area contributed by atoms with Crippen LogP contribution in [0.5, 0.6) is 5.75 Å². The molecule has 12 heteroatoms. The average molecular weight is 498 g/mol. The lowest BCUT2D eigenvalue weighted by molar-refractivity contribution is -0.384. The highest BCUT2D eigenvalue weighted by Gasteiger charge is 2.29. The number of non-ortho nitro benzene ring substituents is 1. The molecule has 2 aromatic rings. The third-order valence-electron chi connectivity index (χ3n) is 5.46. The minimum absolute atomic E-state index is 0.0451. The summed E-state index contributed by atoms with van der Waals surface area (Å²) < 4.78 is 10.0. The zero-order valence-electron chi connectivity index (χ0n) is 19.5. The Labute approximate surface area is 206 Å². The van der Waals surface area contributed by atoms with Crippen molar-refractivity contribution in [2.24, 2.45) is 0 Å². The first-order valence-electron chi connectivity index (χ1n) is 11.2. The van der Waals surface area contributed by atoms with Gasteiger partial charge in [-0.3, -0.25) is 14.9 Å². The largest absolute Gasteiger partial charge is 0.417 e. The molecule has 36 heavy (non-hydrogen) atoms. The SMILES string of the molecule is CN(CC(=O)C(Cc1ccccc1)NC(=O)Oc1ccc([N+](=O)[O-])cc1)C(=O)OC(=O)[C@@H]1CCCN1. The first-order chi connectivity index (χ1) is 17.2. The van der Waals surface area contributed by atoms with Gasteiger partial charge >= 0.3 is 18.2 Å². The number of ether oxygens (including phenoxy) is 2. The first-order valence-corrected chi connectivity index (χ1v) is 11.2. The van der Waals surface area contributed by atoms with Crippen molar-refractivity contribution >= 4 is 29.6 Å². The second-order valence-corrected chi connectivity index (χ2v) is 8.19. The van der Waals surface area contributed by atoms with E-state index in [4.69, 9.17) is 9.47 Å². The number of carbonyl (C=O) groups excluding carboxylic acids is 4. The number of ketones is 1. The Hall–Kier alpha value is -4.32. The highest BCUT2D eigenvalue weighted by molar-refractivity contribution is 5.93. The molecule has 12 nitrogen and oxygen atoms in total. The molecule has 0 spiro atoms. The highest BCUT2D eigenvalue weighted by atomic mass is 16.6. The number of nitro benzene ring substituents is 1. The fourth-order valence-corrected chi connectivity index (χ4v) is 3.54. The molecular formula is C24H26N4O8. The smallest absolute Gasteiger partial charge is 0.410 e. The minimum Gasteiger partial charge on any atom is -0.410 e. The van der Waals surface area contributed by atoms with E-state index in [9.17, 15) is 29.3 Å². The molecule has 1 aliphatic heterocycles. The van der Waals surface area contributed by atoms with Crippen molar-refractivity contribution in [3.63, 3.8) is 0 Å². The molecule has 0 bridgehead atoms. The Morgan fingerprint density at radius 3 is 2.44 bits per heavy atom. The van der Waals surface area contributed by atoms with Crippen LogP contribution in [0.4, 0.5) is 15.3 Å². The number of nitrogens with one attached hydrogen (secondary N) is 2. The van der Waals surface area contributed by atoms with E-state index in [1.807, 2.05) is 0 Å². The van der Waals surface area contributed by atoms with Crippen molar-refractivity contribution < 1.29 is 33.6 Å². The number of carbonyl (C=O) groups is 4. The molecule has 2 aromatic carbocycles. The number of likely N-dealkylation sites (N-methyl/N-ethyl adjacent to an activating group) is 1. The molecule has 2 N–H and O–H groups in total. The zero-order chi connectivity index (χ0) is 26.1. The summed E-state index contributed by atoms with van der Waals surface area (Å²) in [6.45, 7) is 0.227. The fraction of sp³-hybridized carbons (Fsp3) is 0.333. The van der Waals surface area contributed by atoms with Crippen molar-refractivity contribution in [1.82, 2.24) is 15.5 Å². The van der Waals surface area contributed by atoms with E-state index in [2.05, 4.69) is 10.6 Å². The monoisotopic (exact) mass is 498 g/mol. The predicted octanol–water partition coefficient (Wildman–Crippen LogP) is 2.21. The molecule has 1 fully saturated rings. The third-order valence-corrected chi connectivity index (χ3v) is 5.46. The van der Waals surface area contributed by atoms with Gasteiger partial charge in [0.2, 0.25) is 0 Å². The number of rotatable bonds is 9. The van der Waals surface area contributed by atoms with E-state index in [1.54, 1.807) is 30.3 Å². The third kappa shape index (κ3) is 7.60. The van der Waals surface area contributed by atoms with E-state index in [-0.39, 0.29) is 17.9 Å². The summed E-state index contributed by atoms with van der Waals surface area (Å²) in [5, 5.41) is 16.2. The Morgan fingerprint density at radius 2 is 1.83 bits per heavy atom. The molecule has 0 radical (unpaired) electrons. The summed E-state index contributed by atoms with van der Waals surface area (Å²) in [4.78, 5) is 61.0. The summed E-state index contributed by atoms with van der Waals surface area (Å²) in [6.07, 6.45) is -0.456. The van der Waals surface area contributed by atoms with Gasteiger partial charge in [-0.15, -0.1) is 0 Å². The standard InChI is InChI=1S/C24H26N4O8/c1-27(24(32)36-22(30)19-8-5-13-25-19)15-21(29)20(14-16-6-3-2-4-7-16)26-23(31)35-18-11-9-17(10-12-18)28(33)34/h2-4,6-7,9-12,19-20,25H,5,8,13-15H2,1H3,(H,26,31)/t19-,20?/m0/s1. The van der Waals surface area contributed by atoms with Gasteiger partial charge in [-0.25, -0.2) is 14.4 Å². The Morgan fingerprint density at radius 1 is 1.14 bits per heavy atom. The summed E-state index contributed by atoms with van der Waals surface area (Å²) in [6, 6.07) is 12.1. The summed E-state index contributed by atoms with van der Waals surface area (Å²) in [5.41, 5.74) is 0.580.